The molecule has 3 rings (SSSR count). The Labute approximate surface area is 135 Å². The molecule has 1 aromatic carbocycles. The molecule has 0 saturated carbocycles. The maximum atomic E-state index is 12.4. The zero-order valence-corrected chi connectivity index (χ0v) is 13.1. The van der Waals surface area contributed by atoms with Crippen molar-refractivity contribution in [2.45, 2.75) is 38.6 Å². The van der Waals surface area contributed by atoms with Gasteiger partial charge in [0.25, 0.3) is 5.91 Å². The van der Waals surface area contributed by atoms with E-state index < -0.39 is 6.04 Å². The van der Waals surface area contributed by atoms with Crippen molar-refractivity contribution < 1.29 is 14.0 Å². The van der Waals surface area contributed by atoms with E-state index in [1.54, 1.807) is 13.0 Å². The van der Waals surface area contributed by atoms with Gasteiger partial charge in [-0.15, -0.1) is 0 Å². The van der Waals surface area contributed by atoms with Crippen molar-refractivity contribution in [3.8, 4) is 0 Å². The van der Waals surface area contributed by atoms with E-state index in [1.807, 2.05) is 12.1 Å². The number of hydrogen-bond acceptors (Lipinski definition) is 3. The number of anilines is 1. The average Bonchev–Trinajstić information content (AvgIpc) is 3.09. The molecule has 0 spiro atoms. The highest BCUT2D eigenvalue weighted by Crippen LogP contribution is 2.27. The van der Waals surface area contributed by atoms with Gasteiger partial charge >= 0.3 is 0 Å². The van der Waals surface area contributed by atoms with Crippen LogP contribution in [0.5, 0.6) is 0 Å². The van der Waals surface area contributed by atoms with Gasteiger partial charge in [-0.05, 0) is 55.9 Å². The lowest BCUT2D eigenvalue weighted by atomic mass is 9.90. The van der Waals surface area contributed by atoms with E-state index in [9.17, 15) is 9.59 Å². The molecular formula is C18H20N2O3. The molecular weight excluding hydrogens is 292 g/mol. The second-order valence-corrected chi connectivity index (χ2v) is 5.85. The first kappa shape index (κ1) is 15.3. The summed E-state index contributed by atoms with van der Waals surface area (Å²) in [6.45, 7) is 1.67. The summed E-state index contributed by atoms with van der Waals surface area (Å²) < 4.78 is 4.87. The van der Waals surface area contributed by atoms with E-state index in [0.717, 1.165) is 24.9 Å². The molecule has 120 valence electrons. The van der Waals surface area contributed by atoms with Gasteiger partial charge in [-0.25, -0.2) is 0 Å². The molecule has 1 heterocycles. The Morgan fingerprint density at radius 3 is 2.78 bits per heavy atom. The van der Waals surface area contributed by atoms with Crippen molar-refractivity contribution in [3.05, 3.63) is 53.5 Å². The molecule has 0 aliphatic heterocycles. The van der Waals surface area contributed by atoms with Crippen LogP contribution in [-0.2, 0) is 17.6 Å². The van der Waals surface area contributed by atoms with Crippen LogP contribution in [-0.4, -0.2) is 17.9 Å². The molecule has 5 heteroatoms. The lowest BCUT2D eigenvalue weighted by Gasteiger charge is -2.21. The molecule has 1 atom stereocenters. The maximum absolute atomic E-state index is 12.4. The van der Waals surface area contributed by atoms with Gasteiger partial charge in [0.2, 0.25) is 5.91 Å². The zero-order chi connectivity index (χ0) is 16.2. The van der Waals surface area contributed by atoms with Crippen molar-refractivity contribution in [1.82, 2.24) is 5.32 Å². The van der Waals surface area contributed by atoms with Crippen LogP contribution in [0.4, 0.5) is 5.69 Å². The number of nitrogens with one attached hydrogen (secondary N) is 2. The predicted molar refractivity (Wildman–Crippen MR) is 87.3 cm³/mol. The summed E-state index contributed by atoms with van der Waals surface area (Å²) in [6.07, 6.45) is 7.17. The highest BCUT2D eigenvalue weighted by Gasteiger charge is 2.20. The third kappa shape index (κ3) is 3.44. The van der Waals surface area contributed by atoms with Crippen molar-refractivity contribution in [2.75, 3.05) is 5.32 Å². The van der Waals surface area contributed by atoms with Gasteiger partial charge in [0.15, 0.2) is 0 Å². The topological polar surface area (TPSA) is 71.3 Å². The smallest absolute Gasteiger partial charge is 0.255 e. The molecule has 5 nitrogen and oxygen atoms in total. The van der Waals surface area contributed by atoms with Crippen molar-refractivity contribution >= 4 is 17.5 Å². The molecule has 0 bridgehead atoms. The second kappa shape index (κ2) is 6.69. The average molecular weight is 312 g/mol. The molecule has 0 radical (unpaired) electrons. The van der Waals surface area contributed by atoms with Gasteiger partial charge in [-0.3, -0.25) is 9.59 Å². The monoisotopic (exact) mass is 312 g/mol. The second-order valence-electron chi connectivity index (χ2n) is 5.85. The number of furan rings is 1. The molecule has 1 aromatic heterocycles. The minimum atomic E-state index is -0.628. The Hall–Kier alpha value is -2.56. The van der Waals surface area contributed by atoms with Gasteiger partial charge in [0, 0.05) is 5.69 Å². The summed E-state index contributed by atoms with van der Waals surface area (Å²) in [5.74, 6) is -0.544. The molecule has 1 aliphatic rings. The van der Waals surface area contributed by atoms with E-state index in [-0.39, 0.29) is 11.8 Å². The Balaban J connectivity index is 1.66. The summed E-state index contributed by atoms with van der Waals surface area (Å²) >= 11 is 0. The normalized spacial score (nSPS) is 14.7. The summed E-state index contributed by atoms with van der Waals surface area (Å²) in [5.41, 5.74) is 3.79. The number of fused-ring (bicyclic) bond motifs is 1. The Morgan fingerprint density at radius 1 is 1.17 bits per heavy atom. The third-order valence-electron chi connectivity index (χ3n) is 4.18. The third-order valence-corrected chi connectivity index (χ3v) is 4.18. The minimum absolute atomic E-state index is 0.221. The lowest BCUT2D eigenvalue weighted by molar-refractivity contribution is -0.117. The maximum Gasteiger partial charge on any atom is 0.255 e. The van der Waals surface area contributed by atoms with Gasteiger partial charge in [0.05, 0.1) is 11.8 Å². The van der Waals surface area contributed by atoms with Crippen LogP contribution in [0.25, 0.3) is 0 Å². The molecule has 0 unspecified atom stereocenters. The number of benzene rings is 1. The van der Waals surface area contributed by atoms with Gasteiger partial charge in [-0.1, -0.05) is 12.1 Å². The molecule has 2 amide bonds. The van der Waals surface area contributed by atoms with Gasteiger partial charge < -0.3 is 15.1 Å². The SMILES string of the molecule is C[C@H](NC(=O)c1ccoc1)C(=O)Nc1cccc2c1CCCC2. The van der Waals surface area contributed by atoms with Crippen LogP contribution in [0.2, 0.25) is 0 Å². The van der Waals surface area contributed by atoms with E-state index >= 15 is 0 Å². The first-order valence-electron chi connectivity index (χ1n) is 7.90. The zero-order valence-electron chi connectivity index (χ0n) is 13.1. The van der Waals surface area contributed by atoms with Crippen molar-refractivity contribution in [2.24, 2.45) is 0 Å². The number of hydrogen-bond donors (Lipinski definition) is 2. The Kier molecular flexibility index (Phi) is 4.46. The number of amides is 2. The quantitative estimate of drug-likeness (QED) is 0.912. The highest BCUT2D eigenvalue weighted by molar-refractivity contribution is 6.01. The lowest BCUT2D eigenvalue weighted by Crippen LogP contribution is -2.41. The standard InChI is InChI=1S/C18H20N2O3/c1-12(19-18(22)14-9-10-23-11-14)17(21)20-16-8-4-6-13-5-2-3-7-15(13)16/h4,6,8-12H,2-3,5,7H2,1H3,(H,19,22)(H,20,21)/t12-/m0/s1. The first-order valence-corrected chi connectivity index (χ1v) is 7.90. The summed E-state index contributed by atoms with van der Waals surface area (Å²) in [6, 6.07) is 6.94. The van der Waals surface area contributed by atoms with Crippen LogP contribution < -0.4 is 10.6 Å². The van der Waals surface area contributed by atoms with Gasteiger partial charge in [0.1, 0.15) is 12.3 Å². The van der Waals surface area contributed by atoms with E-state index in [1.165, 1.54) is 30.1 Å². The number of carbonyl (C=O) groups is 2. The Morgan fingerprint density at radius 2 is 2.00 bits per heavy atom. The van der Waals surface area contributed by atoms with Crippen molar-refractivity contribution in [1.29, 1.82) is 0 Å². The minimum Gasteiger partial charge on any atom is -0.472 e. The summed E-state index contributed by atoms with van der Waals surface area (Å²) in [5, 5.41) is 5.61. The first-order chi connectivity index (χ1) is 11.1. The van der Waals surface area contributed by atoms with Crippen LogP contribution >= 0.6 is 0 Å². The molecule has 0 fully saturated rings. The van der Waals surface area contributed by atoms with E-state index in [2.05, 4.69) is 16.7 Å². The fourth-order valence-electron chi connectivity index (χ4n) is 2.88. The fourth-order valence-corrected chi connectivity index (χ4v) is 2.88. The van der Waals surface area contributed by atoms with Crippen molar-refractivity contribution in [3.63, 3.8) is 0 Å². The summed E-state index contributed by atoms with van der Waals surface area (Å²) in [7, 11) is 0. The largest absolute Gasteiger partial charge is 0.472 e. The molecule has 2 aromatic rings. The van der Waals surface area contributed by atoms with Crippen LogP contribution in [0.1, 0.15) is 41.3 Å². The number of aryl methyl sites for hydroxylation is 1. The molecule has 0 saturated heterocycles. The van der Waals surface area contributed by atoms with Gasteiger partial charge in [-0.2, -0.15) is 0 Å². The van der Waals surface area contributed by atoms with Crippen LogP contribution in [0, 0.1) is 0 Å². The fraction of sp³-hybridized carbons (Fsp3) is 0.333. The molecule has 1 aliphatic carbocycles. The van der Waals surface area contributed by atoms with E-state index in [0.29, 0.717) is 5.56 Å². The molecule has 2 N–H and O–H groups in total. The predicted octanol–water partition coefficient (Wildman–Crippen LogP) is 2.92. The number of carbonyl (C=O) groups excluding carboxylic acids is 2. The van der Waals surface area contributed by atoms with Crippen LogP contribution in [0.3, 0.4) is 0 Å². The summed E-state index contributed by atoms with van der Waals surface area (Å²) in [4.78, 5) is 24.3. The number of rotatable bonds is 4. The molecule has 23 heavy (non-hydrogen) atoms. The van der Waals surface area contributed by atoms with Crippen LogP contribution in [0.15, 0.2) is 41.2 Å². The van der Waals surface area contributed by atoms with E-state index in [4.69, 9.17) is 4.42 Å². The Bertz CT molecular complexity index is 707. The highest BCUT2D eigenvalue weighted by atomic mass is 16.3.